The molecule has 0 saturated heterocycles. The largest absolute Gasteiger partial charge is 0.302 e. The molecule has 1 rings (SSSR count). The summed E-state index contributed by atoms with van der Waals surface area (Å²) in [4.78, 5) is 16.0. The number of hydrogen-bond acceptors (Lipinski definition) is 3. The number of aromatic nitrogens is 1. The Hall–Kier alpha value is -0.900. The Morgan fingerprint density at radius 2 is 2.46 bits per heavy atom. The SMILES string of the molecule is CCCCc1cnc(NC(C)=O)s1. The Bertz CT molecular complexity index is 283. The van der Waals surface area contributed by atoms with Crippen LogP contribution in [0.25, 0.3) is 0 Å². The van der Waals surface area contributed by atoms with Crippen LogP contribution in [0.5, 0.6) is 0 Å². The number of carbonyl (C=O) groups excluding carboxylic acids is 1. The van der Waals surface area contributed by atoms with E-state index in [1.54, 1.807) is 11.3 Å². The first-order chi connectivity index (χ1) is 6.22. The zero-order valence-electron chi connectivity index (χ0n) is 7.96. The van der Waals surface area contributed by atoms with Crippen LogP contribution in [0.1, 0.15) is 31.6 Å². The van der Waals surface area contributed by atoms with Crippen LogP contribution >= 0.6 is 11.3 Å². The van der Waals surface area contributed by atoms with Gasteiger partial charge in [-0.05, 0) is 12.8 Å². The van der Waals surface area contributed by atoms with E-state index in [0.717, 1.165) is 6.42 Å². The van der Waals surface area contributed by atoms with E-state index in [0.29, 0.717) is 5.13 Å². The predicted octanol–water partition coefficient (Wildman–Crippen LogP) is 2.44. The fourth-order valence-electron chi connectivity index (χ4n) is 0.982. The molecule has 1 heterocycles. The Kier molecular flexibility index (Phi) is 3.89. The minimum Gasteiger partial charge on any atom is -0.302 e. The fourth-order valence-corrected chi connectivity index (χ4v) is 1.88. The molecule has 13 heavy (non-hydrogen) atoms. The molecule has 1 amide bonds. The number of carbonyl (C=O) groups is 1. The maximum atomic E-state index is 10.7. The van der Waals surface area contributed by atoms with E-state index in [1.807, 2.05) is 6.20 Å². The number of unbranched alkanes of at least 4 members (excludes halogenated alkanes) is 1. The Morgan fingerprint density at radius 1 is 1.69 bits per heavy atom. The summed E-state index contributed by atoms with van der Waals surface area (Å²) < 4.78 is 0. The van der Waals surface area contributed by atoms with Crippen molar-refractivity contribution in [3.8, 4) is 0 Å². The summed E-state index contributed by atoms with van der Waals surface area (Å²) in [6, 6.07) is 0. The summed E-state index contributed by atoms with van der Waals surface area (Å²) in [6.07, 6.45) is 5.27. The lowest BCUT2D eigenvalue weighted by Gasteiger charge is -1.93. The number of amides is 1. The van der Waals surface area contributed by atoms with Crippen LogP contribution < -0.4 is 5.32 Å². The molecule has 3 nitrogen and oxygen atoms in total. The van der Waals surface area contributed by atoms with Gasteiger partial charge >= 0.3 is 0 Å². The van der Waals surface area contributed by atoms with Crippen molar-refractivity contribution in [3.05, 3.63) is 11.1 Å². The molecule has 4 heteroatoms. The predicted molar refractivity (Wildman–Crippen MR) is 55.0 cm³/mol. The highest BCUT2D eigenvalue weighted by atomic mass is 32.1. The van der Waals surface area contributed by atoms with Gasteiger partial charge in [0.1, 0.15) is 0 Å². The van der Waals surface area contributed by atoms with Gasteiger partial charge in [-0.1, -0.05) is 13.3 Å². The van der Waals surface area contributed by atoms with Gasteiger partial charge in [-0.2, -0.15) is 0 Å². The summed E-state index contributed by atoms with van der Waals surface area (Å²) in [5.41, 5.74) is 0. The van der Waals surface area contributed by atoms with E-state index >= 15 is 0 Å². The second-order valence-electron chi connectivity index (χ2n) is 2.92. The number of nitrogens with zero attached hydrogens (tertiary/aromatic N) is 1. The highest BCUT2D eigenvalue weighted by Crippen LogP contribution is 2.19. The number of rotatable bonds is 4. The second kappa shape index (κ2) is 4.97. The lowest BCUT2D eigenvalue weighted by Crippen LogP contribution is -2.04. The highest BCUT2D eigenvalue weighted by Gasteiger charge is 2.02. The average Bonchev–Trinajstić information content (AvgIpc) is 2.48. The van der Waals surface area contributed by atoms with E-state index in [1.165, 1.54) is 24.6 Å². The average molecular weight is 198 g/mol. The molecule has 1 N–H and O–H groups in total. The summed E-state index contributed by atoms with van der Waals surface area (Å²) in [6.45, 7) is 3.66. The molecule has 0 aliphatic carbocycles. The fraction of sp³-hybridized carbons (Fsp3) is 0.556. The first kappa shape index (κ1) is 10.2. The molecule has 0 fully saturated rings. The van der Waals surface area contributed by atoms with E-state index in [2.05, 4.69) is 17.2 Å². The van der Waals surface area contributed by atoms with Crippen LogP contribution in [0, 0.1) is 0 Å². The third-order valence-electron chi connectivity index (χ3n) is 1.61. The van der Waals surface area contributed by atoms with Crippen molar-refractivity contribution in [1.29, 1.82) is 0 Å². The van der Waals surface area contributed by atoms with E-state index in [4.69, 9.17) is 0 Å². The van der Waals surface area contributed by atoms with Gasteiger partial charge in [0.05, 0.1) is 0 Å². The first-order valence-corrected chi connectivity index (χ1v) is 5.26. The van der Waals surface area contributed by atoms with Gasteiger partial charge in [0, 0.05) is 18.0 Å². The second-order valence-corrected chi connectivity index (χ2v) is 4.03. The van der Waals surface area contributed by atoms with Crippen LogP contribution in [-0.4, -0.2) is 10.9 Å². The van der Waals surface area contributed by atoms with Crippen LogP contribution in [0.15, 0.2) is 6.20 Å². The first-order valence-electron chi connectivity index (χ1n) is 4.44. The third-order valence-corrected chi connectivity index (χ3v) is 2.59. The van der Waals surface area contributed by atoms with Gasteiger partial charge in [-0.15, -0.1) is 11.3 Å². The van der Waals surface area contributed by atoms with Crippen molar-refractivity contribution in [2.24, 2.45) is 0 Å². The minimum atomic E-state index is -0.0589. The van der Waals surface area contributed by atoms with Crippen LogP contribution in [-0.2, 0) is 11.2 Å². The molecule has 0 spiro atoms. The molecule has 0 atom stereocenters. The molecule has 0 aliphatic rings. The molecule has 0 aliphatic heterocycles. The molecule has 0 aromatic carbocycles. The van der Waals surface area contributed by atoms with Crippen molar-refractivity contribution in [2.75, 3.05) is 5.32 Å². The summed E-state index contributed by atoms with van der Waals surface area (Å²) >= 11 is 1.56. The van der Waals surface area contributed by atoms with Crippen molar-refractivity contribution >= 4 is 22.4 Å². The Morgan fingerprint density at radius 3 is 3.08 bits per heavy atom. The molecular formula is C9H14N2OS. The molecule has 0 saturated carbocycles. The van der Waals surface area contributed by atoms with Crippen molar-refractivity contribution in [1.82, 2.24) is 4.98 Å². The standard InChI is InChI=1S/C9H14N2OS/c1-3-4-5-8-6-10-9(13-8)11-7(2)12/h6H,3-5H2,1-2H3,(H,10,11,12). The smallest absolute Gasteiger partial charge is 0.223 e. The van der Waals surface area contributed by atoms with Gasteiger partial charge in [-0.25, -0.2) is 4.98 Å². The van der Waals surface area contributed by atoms with Gasteiger partial charge in [0.2, 0.25) is 5.91 Å². The minimum absolute atomic E-state index is 0.0589. The monoisotopic (exact) mass is 198 g/mol. The Labute approximate surface area is 82.2 Å². The van der Waals surface area contributed by atoms with Crippen LogP contribution in [0.2, 0.25) is 0 Å². The van der Waals surface area contributed by atoms with Crippen LogP contribution in [0.3, 0.4) is 0 Å². The van der Waals surface area contributed by atoms with E-state index in [9.17, 15) is 4.79 Å². The van der Waals surface area contributed by atoms with Crippen molar-refractivity contribution in [3.63, 3.8) is 0 Å². The third kappa shape index (κ3) is 3.55. The van der Waals surface area contributed by atoms with E-state index in [-0.39, 0.29) is 5.91 Å². The molecule has 0 radical (unpaired) electrons. The summed E-state index contributed by atoms with van der Waals surface area (Å²) in [5.74, 6) is -0.0589. The number of hydrogen-bond donors (Lipinski definition) is 1. The normalized spacial score (nSPS) is 10.0. The number of aryl methyl sites for hydroxylation is 1. The number of nitrogens with one attached hydrogen (secondary N) is 1. The highest BCUT2D eigenvalue weighted by molar-refractivity contribution is 7.15. The maximum Gasteiger partial charge on any atom is 0.223 e. The van der Waals surface area contributed by atoms with Gasteiger partial charge in [-0.3, -0.25) is 4.79 Å². The molecular weight excluding hydrogens is 184 g/mol. The quantitative estimate of drug-likeness (QED) is 0.807. The van der Waals surface area contributed by atoms with Crippen molar-refractivity contribution < 1.29 is 4.79 Å². The van der Waals surface area contributed by atoms with E-state index < -0.39 is 0 Å². The summed E-state index contributed by atoms with van der Waals surface area (Å²) in [7, 11) is 0. The molecule has 1 aromatic heterocycles. The zero-order valence-corrected chi connectivity index (χ0v) is 8.78. The molecule has 72 valence electrons. The lowest BCUT2D eigenvalue weighted by atomic mass is 10.2. The molecule has 1 aromatic rings. The molecule has 0 unspecified atom stereocenters. The topological polar surface area (TPSA) is 42.0 Å². The van der Waals surface area contributed by atoms with Gasteiger partial charge < -0.3 is 5.32 Å². The lowest BCUT2D eigenvalue weighted by molar-refractivity contribution is -0.114. The van der Waals surface area contributed by atoms with Gasteiger partial charge in [0.25, 0.3) is 0 Å². The molecule has 0 bridgehead atoms. The zero-order chi connectivity index (χ0) is 9.68. The van der Waals surface area contributed by atoms with Gasteiger partial charge in [0.15, 0.2) is 5.13 Å². The van der Waals surface area contributed by atoms with Crippen LogP contribution in [0.4, 0.5) is 5.13 Å². The summed E-state index contributed by atoms with van der Waals surface area (Å²) in [5, 5.41) is 3.38. The number of anilines is 1. The van der Waals surface area contributed by atoms with Crippen molar-refractivity contribution in [2.45, 2.75) is 33.1 Å². The Balaban J connectivity index is 2.48. The maximum absolute atomic E-state index is 10.7. The number of thiazole rings is 1.